The van der Waals surface area contributed by atoms with Gasteiger partial charge in [-0.2, -0.15) is 0 Å². The van der Waals surface area contributed by atoms with Gasteiger partial charge in [0.05, 0.1) is 12.3 Å². The van der Waals surface area contributed by atoms with E-state index in [2.05, 4.69) is 104 Å². The third-order valence-corrected chi connectivity index (χ3v) is 13.6. The highest BCUT2D eigenvalue weighted by Crippen LogP contribution is 2.42. The number of amides is 4. The van der Waals surface area contributed by atoms with Crippen LogP contribution in [-0.4, -0.2) is 124 Å². The molecule has 2 saturated heterocycles. The van der Waals surface area contributed by atoms with Crippen molar-refractivity contribution in [3.05, 3.63) is 90.0 Å². The number of cyclic esters (lactones) is 1. The Bertz CT molecular complexity index is 2520. The lowest BCUT2D eigenvalue weighted by molar-refractivity contribution is -0.155. The quantitative estimate of drug-likeness (QED) is 0.123. The van der Waals surface area contributed by atoms with Crippen LogP contribution in [0.5, 0.6) is 5.75 Å². The zero-order valence-corrected chi connectivity index (χ0v) is 40.6. The summed E-state index contributed by atoms with van der Waals surface area (Å²) in [6, 6.07) is 17.3. The minimum Gasteiger partial charge on any atom is -0.508 e. The second-order valence-corrected chi connectivity index (χ2v) is 20.1. The van der Waals surface area contributed by atoms with Gasteiger partial charge in [0.2, 0.25) is 17.7 Å². The van der Waals surface area contributed by atoms with Crippen LogP contribution in [0.4, 0.5) is 0 Å². The van der Waals surface area contributed by atoms with Gasteiger partial charge in [0.15, 0.2) is 0 Å². The number of hydrogen-bond acceptors (Lipinski definition) is 9. The Kier molecular flexibility index (Phi) is 15.0. The molecular weight excluding hydrogens is 847 g/mol. The van der Waals surface area contributed by atoms with Crippen LogP contribution in [0.1, 0.15) is 77.0 Å². The highest BCUT2D eigenvalue weighted by atomic mass is 16.5. The number of fused-ring (bicyclic) bond motifs is 6. The first-order valence-electron chi connectivity index (χ1n) is 23.8. The molecule has 67 heavy (non-hydrogen) atoms. The van der Waals surface area contributed by atoms with Gasteiger partial charge >= 0.3 is 5.97 Å². The third-order valence-electron chi connectivity index (χ3n) is 13.6. The Hall–Kier alpha value is -5.99. The second-order valence-electron chi connectivity index (χ2n) is 20.1. The highest BCUT2D eigenvalue weighted by molar-refractivity contribution is 5.96. The van der Waals surface area contributed by atoms with Crippen LogP contribution < -0.4 is 10.7 Å². The Morgan fingerprint density at radius 3 is 2.40 bits per heavy atom. The monoisotopic (exact) mass is 916 g/mol. The number of carbonyl (C=O) groups is 5. The summed E-state index contributed by atoms with van der Waals surface area (Å²) in [6.45, 7) is 16.4. The van der Waals surface area contributed by atoms with E-state index in [-0.39, 0.29) is 42.4 Å². The van der Waals surface area contributed by atoms with Gasteiger partial charge < -0.3 is 34.4 Å². The minimum absolute atomic E-state index is 0.00967. The van der Waals surface area contributed by atoms with Gasteiger partial charge in [-0.3, -0.25) is 29.0 Å². The van der Waals surface area contributed by atoms with Crippen molar-refractivity contribution in [3.63, 3.8) is 0 Å². The van der Waals surface area contributed by atoms with E-state index in [1.165, 1.54) is 21.5 Å². The van der Waals surface area contributed by atoms with Crippen molar-refractivity contribution in [2.45, 2.75) is 104 Å². The van der Waals surface area contributed by atoms with E-state index < -0.39 is 41.3 Å². The fraction of sp³-hybridized carbons (Fsp3) is 0.491. The number of rotatable bonds is 10. The third kappa shape index (κ3) is 10.8. The Labute approximate surface area is 395 Å². The molecule has 3 N–H and O–H groups in total. The van der Waals surface area contributed by atoms with Crippen molar-refractivity contribution in [3.8, 4) is 28.1 Å². The highest BCUT2D eigenvalue weighted by Gasteiger charge is 2.39. The molecule has 0 aliphatic carbocycles. The Balaban J connectivity index is 1.29. The summed E-state index contributed by atoms with van der Waals surface area (Å²) < 4.78 is 8.50. The molecule has 0 spiro atoms. The lowest BCUT2D eigenvalue weighted by Crippen LogP contribution is -2.62. The lowest BCUT2D eigenvalue weighted by Gasteiger charge is -2.38. The summed E-state index contributed by atoms with van der Waals surface area (Å²) >= 11 is 0. The molecule has 4 amide bonds. The molecule has 0 radical (unpaired) electrons. The number of likely N-dealkylation sites (N-methyl/N-ethyl adjacent to an activating group) is 1. The molecule has 4 aromatic rings. The zero-order chi connectivity index (χ0) is 48.3. The molecule has 358 valence electrons. The van der Waals surface area contributed by atoms with Crippen LogP contribution in [0.3, 0.4) is 0 Å². The van der Waals surface area contributed by atoms with Gasteiger partial charge in [-0.05, 0) is 117 Å². The van der Waals surface area contributed by atoms with Crippen LogP contribution in [0.25, 0.3) is 33.3 Å². The topological polar surface area (TPSA) is 157 Å². The van der Waals surface area contributed by atoms with Gasteiger partial charge in [-0.25, -0.2) is 5.43 Å². The van der Waals surface area contributed by atoms with E-state index in [0.29, 0.717) is 57.3 Å². The number of hydrogen-bond donors (Lipinski definition) is 3. The average molecular weight is 916 g/mol. The van der Waals surface area contributed by atoms with Gasteiger partial charge in [0, 0.05) is 74.0 Å². The predicted octanol–water partition coefficient (Wildman–Crippen LogP) is 6.32. The first kappa shape index (κ1) is 48.9. The SMILES string of the molecule is C=CC(=O)N1CCC(C(=O)N(C)C(C(=O)N[C@H]2Cc3cc(O)cc(c3)-c3ccc4c(c3)c(c(-c3ccccc3CN(C)C)n4CC)CC(C)(C)COC(=O)[C@@H]3CCCN(N3)C2=O)C(C)C)CC1. The number of carbonyl (C=O) groups excluding carboxylic acids is 5. The molecule has 3 aliphatic heterocycles. The maximum absolute atomic E-state index is 14.7. The molecule has 1 aromatic heterocycles. The summed E-state index contributed by atoms with van der Waals surface area (Å²) in [7, 11) is 5.75. The molecule has 3 aromatic carbocycles. The van der Waals surface area contributed by atoms with E-state index in [1.54, 1.807) is 24.1 Å². The molecule has 3 atom stereocenters. The summed E-state index contributed by atoms with van der Waals surface area (Å²) in [5.74, 6) is -2.47. The number of phenolic OH excluding ortho intramolecular Hbond substituents is 1. The normalized spacial score (nSPS) is 19.8. The zero-order valence-electron chi connectivity index (χ0n) is 40.6. The van der Waals surface area contributed by atoms with E-state index in [1.807, 2.05) is 19.9 Å². The molecule has 6 bridgehead atoms. The summed E-state index contributed by atoms with van der Waals surface area (Å²) in [4.78, 5) is 74.8. The second kappa shape index (κ2) is 20.5. The van der Waals surface area contributed by atoms with Crippen molar-refractivity contribution in [1.29, 1.82) is 0 Å². The van der Waals surface area contributed by atoms with Gasteiger partial charge in [-0.15, -0.1) is 0 Å². The molecular formula is C53H69N7O7. The maximum Gasteiger partial charge on any atom is 0.324 e. The number of nitrogens with one attached hydrogen (secondary N) is 2. The molecule has 0 saturated carbocycles. The van der Waals surface area contributed by atoms with E-state index in [4.69, 9.17) is 4.74 Å². The lowest BCUT2D eigenvalue weighted by atomic mass is 9.84. The average Bonchev–Trinajstić information content (AvgIpc) is 3.60. The maximum atomic E-state index is 14.7. The summed E-state index contributed by atoms with van der Waals surface area (Å²) in [5.41, 5.74) is 10.5. The van der Waals surface area contributed by atoms with Crippen LogP contribution in [0.15, 0.2) is 73.3 Å². The smallest absolute Gasteiger partial charge is 0.324 e. The molecule has 2 fully saturated rings. The van der Waals surface area contributed by atoms with Crippen molar-refractivity contribution >= 4 is 40.5 Å². The van der Waals surface area contributed by atoms with Gasteiger partial charge in [0.25, 0.3) is 5.91 Å². The number of phenols is 1. The number of aromatic hydroxyl groups is 1. The molecule has 7 rings (SSSR count). The van der Waals surface area contributed by atoms with Crippen LogP contribution in [-0.2, 0) is 54.6 Å². The number of ether oxygens (including phenoxy) is 1. The Morgan fingerprint density at radius 1 is 0.985 bits per heavy atom. The molecule has 3 aliphatic rings. The van der Waals surface area contributed by atoms with Crippen LogP contribution in [0.2, 0.25) is 0 Å². The van der Waals surface area contributed by atoms with Crippen LogP contribution in [0, 0.1) is 17.3 Å². The van der Waals surface area contributed by atoms with E-state index >= 15 is 0 Å². The van der Waals surface area contributed by atoms with Crippen molar-refractivity contribution in [1.82, 2.24) is 35.0 Å². The molecule has 4 heterocycles. The van der Waals surface area contributed by atoms with Crippen molar-refractivity contribution in [2.75, 3.05) is 47.4 Å². The first-order valence-corrected chi connectivity index (χ1v) is 23.8. The Morgan fingerprint density at radius 2 is 1.72 bits per heavy atom. The molecule has 14 nitrogen and oxygen atoms in total. The number of esters is 1. The largest absolute Gasteiger partial charge is 0.508 e. The predicted molar refractivity (Wildman–Crippen MR) is 260 cm³/mol. The standard InChI is InChI=1S/C53H69N7O7/c1-10-46(62)58-23-20-35(21-24-58)50(64)57(9)47(33(3)4)49(63)54-44-27-34-25-38(28-39(61)26-34)36-18-19-45-41(29-36)42(48(59(45)11-2)40-16-13-12-15-37(40)31-56(7)8)30-53(5,6)32-67-52(66)43-17-14-22-60(55-43)51(44)65/h10,12-13,15-16,18-19,25-26,28-29,33,35,43-44,47,55,61H,1,11,14,17,20-24,27,30-32H2,2-9H3,(H,54,63)/t43-,44-,47?/m0/s1. The number of piperidine rings is 1. The van der Waals surface area contributed by atoms with Crippen LogP contribution >= 0.6 is 0 Å². The number of nitrogens with zero attached hydrogens (tertiary/aromatic N) is 5. The fourth-order valence-electron chi connectivity index (χ4n) is 10.3. The fourth-order valence-corrected chi connectivity index (χ4v) is 10.3. The van der Waals surface area contributed by atoms with E-state index in [9.17, 15) is 29.1 Å². The number of benzene rings is 3. The summed E-state index contributed by atoms with van der Waals surface area (Å²) in [6.07, 6.45) is 3.79. The number of aryl methyl sites for hydroxylation is 1. The van der Waals surface area contributed by atoms with Crippen molar-refractivity contribution < 1.29 is 33.8 Å². The summed E-state index contributed by atoms with van der Waals surface area (Å²) in [5, 5.41) is 16.8. The number of aromatic nitrogens is 1. The number of hydrazine groups is 1. The first-order chi connectivity index (χ1) is 31.9. The van der Waals surface area contributed by atoms with Crippen molar-refractivity contribution in [2.24, 2.45) is 17.3 Å². The van der Waals surface area contributed by atoms with Gasteiger partial charge in [0.1, 0.15) is 23.9 Å². The minimum atomic E-state index is -1.14. The number of likely N-dealkylation sites (tertiary alicyclic amines) is 1. The van der Waals surface area contributed by atoms with Gasteiger partial charge in [-0.1, -0.05) is 70.7 Å². The molecule has 1 unspecified atom stereocenters. The molecule has 14 heteroatoms. The van der Waals surface area contributed by atoms with E-state index in [0.717, 1.165) is 51.9 Å².